The zero-order valence-electron chi connectivity index (χ0n) is 33.0. The van der Waals surface area contributed by atoms with E-state index in [2.05, 4.69) is 214 Å². The molecule has 59 heavy (non-hydrogen) atoms. The van der Waals surface area contributed by atoms with Crippen molar-refractivity contribution in [2.24, 2.45) is 0 Å². The zero-order chi connectivity index (χ0) is 39.5. The molecule has 0 N–H and O–H groups in total. The van der Waals surface area contributed by atoms with E-state index in [1.54, 1.807) is 0 Å². The molecule has 0 saturated carbocycles. The Morgan fingerprint density at radius 1 is 0.305 bits per heavy atom. The molecular weight excluding hydrogens is 713 g/mol. The Hall–Kier alpha value is -7.42. The molecule has 9 aromatic carbocycles. The van der Waals surface area contributed by atoms with Crippen LogP contribution < -0.4 is 0 Å². The highest BCUT2D eigenvalue weighted by Crippen LogP contribution is 2.51. The van der Waals surface area contributed by atoms with E-state index in [0.29, 0.717) is 5.82 Å². The first kappa shape index (κ1) is 34.8. The van der Waals surface area contributed by atoms with Crippen LogP contribution in [0.4, 0.5) is 0 Å². The number of hydrogen-bond acceptors (Lipinski definition) is 2. The van der Waals surface area contributed by atoms with Crippen LogP contribution >= 0.6 is 0 Å². The first-order valence-electron chi connectivity index (χ1n) is 20.4. The van der Waals surface area contributed by atoms with Gasteiger partial charge in [0.2, 0.25) is 0 Å². The second kappa shape index (κ2) is 13.9. The summed E-state index contributed by atoms with van der Waals surface area (Å²) >= 11 is 0. The maximum absolute atomic E-state index is 5.34. The molecule has 0 saturated heterocycles. The summed E-state index contributed by atoms with van der Waals surface area (Å²) in [6, 6.07) is 74.3. The summed E-state index contributed by atoms with van der Waals surface area (Å²) in [6.07, 6.45) is 0. The van der Waals surface area contributed by atoms with Crippen LogP contribution in [0, 0.1) is 0 Å². The lowest BCUT2D eigenvalue weighted by molar-refractivity contribution is 0.661. The molecular formula is C57H40N2. The molecule has 278 valence electrons. The highest BCUT2D eigenvalue weighted by molar-refractivity contribution is 6.05. The summed E-state index contributed by atoms with van der Waals surface area (Å²) < 4.78 is 0. The van der Waals surface area contributed by atoms with Gasteiger partial charge in [-0.3, -0.25) is 0 Å². The number of rotatable bonds is 6. The summed E-state index contributed by atoms with van der Waals surface area (Å²) in [5.41, 5.74) is 17.2. The van der Waals surface area contributed by atoms with Crippen molar-refractivity contribution in [2.45, 2.75) is 19.3 Å². The van der Waals surface area contributed by atoms with Crippen molar-refractivity contribution >= 4 is 21.5 Å². The third-order valence-electron chi connectivity index (χ3n) is 12.3. The van der Waals surface area contributed by atoms with E-state index in [9.17, 15) is 0 Å². The van der Waals surface area contributed by atoms with Gasteiger partial charge in [-0.2, -0.15) is 0 Å². The van der Waals surface area contributed by atoms with Gasteiger partial charge in [-0.1, -0.05) is 190 Å². The Balaban J connectivity index is 1.09. The van der Waals surface area contributed by atoms with Crippen molar-refractivity contribution in [1.29, 1.82) is 0 Å². The topological polar surface area (TPSA) is 25.8 Å². The van der Waals surface area contributed by atoms with E-state index in [-0.39, 0.29) is 5.41 Å². The molecule has 0 aliphatic heterocycles. The van der Waals surface area contributed by atoms with Gasteiger partial charge in [-0.25, -0.2) is 9.97 Å². The van der Waals surface area contributed by atoms with Crippen molar-refractivity contribution in [3.63, 3.8) is 0 Å². The molecule has 0 bridgehead atoms. The fraction of sp³-hybridized carbons (Fsp3) is 0.0526. The summed E-state index contributed by atoms with van der Waals surface area (Å²) in [4.78, 5) is 10.7. The minimum Gasteiger partial charge on any atom is -0.228 e. The highest BCUT2D eigenvalue weighted by Gasteiger charge is 2.36. The van der Waals surface area contributed by atoms with Crippen LogP contribution in [0.2, 0.25) is 0 Å². The standard InChI is InChI=1S/C57H40N2/c1-57(2)52-35-43(27-29-48(52)50-32-40-22-12-13-23-41(40)34-53(50)57)45-30-31-49(47-25-15-14-24-46(45)47)54-36-55(59-56(58-54)39-20-10-5-11-21-39)51-33-42(37-16-6-3-7-17-37)26-28-44(51)38-18-8-4-9-19-38/h3-36H,1-2H3. The molecule has 1 aliphatic rings. The molecule has 0 amide bonds. The summed E-state index contributed by atoms with van der Waals surface area (Å²) in [7, 11) is 0. The van der Waals surface area contributed by atoms with Gasteiger partial charge in [-0.15, -0.1) is 0 Å². The van der Waals surface area contributed by atoms with Gasteiger partial charge in [0.1, 0.15) is 0 Å². The van der Waals surface area contributed by atoms with Gasteiger partial charge < -0.3 is 0 Å². The molecule has 0 radical (unpaired) electrons. The van der Waals surface area contributed by atoms with E-state index in [0.717, 1.165) is 50.2 Å². The average molecular weight is 753 g/mol. The van der Waals surface area contributed by atoms with Crippen LogP contribution in [-0.2, 0) is 5.41 Å². The molecule has 1 aliphatic carbocycles. The summed E-state index contributed by atoms with van der Waals surface area (Å²) in [5, 5.41) is 4.92. The van der Waals surface area contributed by atoms with Crippen molar-refractivity contribution in [1.82, 2.24) is 9.97 Å². The van der Waals surface area contributed by atoms with Gasteiger partial charge in [0.25, 0.3) is 0 Å². The maximum Gasteiger partial charge on any atom is 0.160 e. The smallest absolute Gasteiger partial charge is 0.160 e. The average Bonchev–Trinajstić information content (AvgIpc) is 3.52. The van der Waals surface area contributed by atoms with Gasteiger partial charge in [0, 0.05) is 22.1 Å². The number of aromatic nitrogens is 2. The van der Waals surface area contributed by atoms with Crippen molar-refractivity contribution in [2.75, 3.05) is 0 Å². The minimum absolute atomic E-state index is 0.123. The molecule has 0 unspecified atom stereocenters. The fourth-order valence-corrected chi connectivity index (χ4v) is 9.24. The second-order valence-corrected chi connectivity index (χ2v) is 16.2. The minimum atomic E-state index is -0.123. The fourth-order valence-electron chi connectivity index (χ4n) is 9.24. The Bertz CT molecular complexity index is 3220. The van der Waals surface area contributed by atoms with Gasteiger partial charge in [0.05, 0.1) is 11.4 Å². The quantitative estimate of drug-likeness (QED) is 0.169. The second-order valence-electron chi connectivity index (χ2n) is 16.2. The first-order chi connectivity index (χ1) is 29.0. The molecule has 0 fully saturated rings. The highest BCUT2D eigenvalue weighted by atomic mass is 14.9. The van der Waals surface area contributed by atoms with E-state index < -0.39 is 0 Å². The van der Waals surface area contributed by atoms with E-state index in [1.807, 2.05) is 6.07 Å². The van der Waals surface area contributed by atoms with E-state index in [4.69, 9.17) is 9.97 Å². The third kappa shape index (κ3) is 5.96. The largest absolute Gasteiger partial charge is 0.228 e. The van der Waals surface area contributed by atoms with Crippen molar-refractivity contribution < 1.29 is 0 Å². The van der Waals surface area contributed by atoms with Crippen LogP contribution in [0.5, 0.6) is 0 Å². The first-order valence-corrected chi connectivity index (χ1v) is 20.4. The lowest BCUT2D eigenvalue weighted by atomic mass is 9.81. The van der Waals surface area contributed by atoms with Crippen LogP contribution in [0.15, 0.2) is 206 Å². The molecule has 2 heteroatoms. The van der Waals surface area contributed by atoms with Crippen LogP contribution in [0.3, 0.4) is 0 Å². The van der Waals surface area contributed by atoms with Gasteiger partial charge in [-0.05, 0) is 108 Å². The Kier molecular flexibility index (Phi) is 8.20. The third-order valence-corrected chi connectivity index (χ3v) is 12.3. The lowest BCUT2D eigenvalue weighted by Gasteiger charge is -2.22. The monoisotopic (exact) mass is 752 g/mol. The number of benzene rings is 9. The Morgan fingerprint density at radius 3 is 1.53 bits per heavy atom. The molecule has 1 aromatic heterocycles. The summed E-state index contributed by atoms with van der Waals surface area (Å²) in [5.74, 6) is 0.698. The molecule has 10 aromatic rings. The maximum atomic E-state index is 5.34. The SMILES string of the molecule is CC1(C)c2cc(-c3ccc(-c4cc(-c5cc(-c6ccccc6)ccc5-c5ccccc5)nc(-c5ccccc5)n4)c4ccccc34)ccc2-c2cc3ccccc3cc21. The predicted octanol–water partition coefficient (Wildman–Crippen LogP) is 15.1. The normalized spacial score (nSPS) is 12.7. The number of hydrogen-bond donors (Lipinski definition) is 0. The molecule has 11 rings (SSSR count). The van der Waals surface area contributed by atoms with Crippen LogP contribution in [0.1, 0.15) is 25.0 Å². The molecule has 2 nitrogen and oxygen atoms in total. The van der Waals surface area contributed by atoms with Crippen molar-refractivity contribution in [3.8, 4) is 78.4 Å². The van der Waals surface area contributed by atoms with Crippen molar-refractivity contribution in [3.05, 3.63) is 217 Å². The van der Waals surface area contributed by atoms with Crippen LogP contribution in [-0.4, -0.2) is 9.97 Å². The Morgan fingerprint density at radius 2 is 0.814 bits per heavy atom. The molecule has 1 heterocycles. The van der Waals surface area contributed by atoms with Crippen LogP contribution in [0.25, 0.3) is 100.0 Å². The lowest BCUT2D eigenvalue weighted by Crippen LogP contribution is -2.15. The van der Waals surface area contributed by atoms with Gasteiger partial charge >= 0.3 is 0 Å². The molecule has 0 atom stereocenters. The predicted molar refractivity (Wildman–Crippen MR) is 247 cm³/mol. The Labute approximate surface area is 345 Å². The van der Waals surface area contributed by atoms with E-state index >= 15 is 0 Å². The number of fused-ring (bicyclic) bond motifs is 5. The molecule has 0 spiro atoms. The van der Waals surface area contributed by atoms with E-state index in [1.165, 1.54) is 55.1 Å². The summed E-state index contributed by atoms with van der Waals surface area (Å²) in [6.45, 7) is 4.74. The zero-order valence-corrected chi connectivity index (χ0v) is 33.0. The van der Waals surface area contributed by atoms with Gasteiger partial charge in [0.15, 0.2) is 5.82 Å². The number of nitrogens with zero attached hydrogens (tertiary/aromatic N) is 2.